The maximum absolute atomic E-state index is 13.7. The van der Waals surface area contributed by atoms with Gasteiger partial charge in [0.2, 0.25) is 0 Å². The highest BCUT2D eigenvalue weighted by molar-refractivity contribution is 6.33. The van der Waals surface area contributed by atoms with Gasteiger partial charge in [-0.1, -0.05) is 41.9 Å². The minimum Gasteiger partial charge on any atom is -0.367 e. The summed E-state index contributed by atoms with van der Waals surface area (Å²) in [6.45, 7) is 8.94. The molecule has 2 fully saturated rings. The first-order chi connectivity index (χ1) is 19.4. The van der Waals surface area contributed by atoms with Crippen molar-refractivity contribution in [3.05, 3.63) is 82.6 Å². The molecular weight excluding hydrogens is 518 g/mol. The Labute approximate surface area is 240 Å². The molecule has 3 aromatic carbocycles. The van der Waals surface area contributed by atoms with Crippen molar-refractivity contribution in [1.29, 1.82) is 0 Å². The van der Waals surface area contributed by atoms with Gasteiger partial charge in [0, 0.05) is 49.0 Å². The number of anilines is 3. The molecule has 1 N–H and O–H groups in total. The van der Waals surface area contributed by atoms with E-state index in [0.29, 0.717) is 12.6 Å². The lowest BCUT2D eigenvalue weighted by molar-refractivity contribution is 0.231. The van der Waals surface area contributed by atoms with Crippen molar-refractivity contribution in [1.82, 2.24) is 9.88 Å². The lowest BCUT2D eigenvalue weighted by Crippen LogP contribution is -2.50. The Morgan fingerprint density at radius 1 is 0.925 bits per heavy atom. The largest absolute Gasteiger partial charge is 0.367 e. The average Bonchev–Trinajstić information content (AvgIpc) is 3.58. The van der Waals surface area contributed by atoms with Crippen molar-refractivity contribution in [2.75, 3.05) is 47.8 Å². The zero-order valence-corrected chi connectivity index (χ0v) is 23.8. The van der Waals surface area contributed by atoms with Gasteiger partial charge in [-0.25, -0.2) is 4.79 Å². The van der Waals surface area contributed by atoms with Gasteiger partial charge < -0.3 is 10.2 Å². The van der Waals surface area contributed by atoms with Gasteiger partial charge in [0.05, 0.1) is 22.1 Å². The molecule has 0 bridgehead atoms. The average molecular weight is 552 g/mol. The Kier molecular flexibility index (Phi) is 6.40. The minimum atomic E-state index is -0.110. The molecule has 204 valence electrons. The van der Waals surface area contributed by atoms with Crippen LogP contribution in [0.1, 0.15) is 29.8 Å². The van der Waals surface area contributed by atoms with Crippen molar-refractivity contribution in [2.45, 2.75) is 39.2 Å². The number of hydrogen-bond acceptors (Lipinski definition) is 4. The van der Waals surface area contributed by atoms with E-state index in [0.717, 1.165) is 87.0 Å². The number of benzene rings is 3. The smallest absolute Gasteiger partial charge is 0.326 e. The molecule has 3 aliphatic rings. The molecule has 2 amide bonds. The number of carbonyl (C=O) groups is 1. The maximum atomic E-state index is 13.7. The molecule has 7 heteroatoms. The van der Waals surface area contributed by atoms with E-state index in [4.69, 9.17) is 11.6 Å². The van der Waals surface area contributed by atoms with Crippen LogP contribution in [0.3, 0.4) is 0 Å². The van der Waals surface area contributed by atoms with Crippen LogP contribution >= 0.6 is 11.6 Å². The SMILES string of the molecule is Cc1cc(-c2cccc3c(NC(=O)N4CCc5cc(Cl)c(N6CCN7CCC[C@H]7C6)cc54)cccc23)cc(C)n1. The second-order valence-electron chi connectivity index (χ2n) is 11.4. The van der Waals surface area contributed by atoms with Crippen LogP contribution in [0, 0.1) is 13.8 Å². The fourth-order valence-corrected chi connectivity index (χ4v) is 7.21. The van der Waals surface area contributed by atoms with Crippen LogP contribution in [0.2, 0.25) is 5.02 Å². The van der Waals surface area contributed by atoms with Gasteiger partial charge in [0.15, 0.2) is 0 Å². The number of amides is 2. The van der Waals surface area contributed by atoms with Crippen LogP contribution in [-0.4, -0.2) is 54.7 Å². The van der Waals surface area contributed by atoms with Crippen molar-refractivity contribution in [3.8, 4) is 11.1 Å². The molecule has 3 aliphatic heterocycles. The lowest BCUT2D eigenvalue weighted by atomic mass is 9.97. The molecule has 4 heterocycles. The van der Waals surface area contributed by atoms with E-state index in [1.54, 1.807) is 0 Å². The summed E-state index contributed by atoms with van der Waals surface area (Å²) >= 11 is 6.81. The molecule has 6 nitrogen and oxygen atoms in total. The van der Waals surface area contributed by atoms with Gasteiger partial charge in [-0.2, -0.15) is 0 Å². The van der Waals surface area contributed by atoms with Gasteiger partial charge >= 0.3 is 6.03 Å². The molecule has 0 saturated carbocycles. The van der Waals surface area contributed by atoms with Gasteiger partial charge in [0.25, 0.3) is 0 Å². The van der Waals surface area contributed by atoms with E-state index < -0.39 is 0 Å². The van der Waals surface area contributed by atoms with E-state index in [-0.39, 0.29) is 6.03 Å². The van der Waals surface area contributed by atoms with Crippen LogP contribution in [-0.2, 0) is 6.42 Å². The zero-order chi connectivity index (χ0) is 27.4. The number of aromatic nitrogens is 1. The van der Waals surface area contributed by atoms with Crippen LogP contribution in [0.15, 0.2) is 60.7 Å². The maximum Gasteiger partial charge on any atom is 0.326 e. The van der Waals surface area contributed by atoms with Crippen molar-refractivity contribution >= 4 is 45.5 Å². The second kappa shape index (κ2) is 10.1. The first-order valence-electron chi connectivity index (χ1n) is 14.3. The quantitative estimate of drug-likeness (QED) is 0.296. The molecule has 0 aliphatic carbocycles. The summed E-state index contributed by atoms with van der Waals surface area (Å²) < 4.78 is 0. The lowest BCUT2D eigenvalue weighted by Gasteiger charge is -2.39. The van der Waals surface area contributed by atoms with Gasteiger partial charge in [-0.15, -0.1) is 0 Å². The third-order valence-corrected chi connectivity index (χ3v) is 9.08. The van der Waals surface area contributed by atoms with E-state index in [2.05, 4.69) is 68.6 Å². The molecule has 4 aromatic rings. The molecule has 1 atom stereocenters. The molecule has 40 heavy (non-hydrogen) atoms. The summed E-state index contributed by atoms with van der Waals surface area (Å²) in [5.74, 6) is 0. The highest BCUT2D eigenvalue weighted by Crippen LogP contribution is 2.40. The van der Waals surface area contributed by atoms with E-state index >= 15 is 0 Å². The molecule has 7 rings (SSSR count). The van der Waals surface area contributed by atoms with Gasteiger partial charge in [0.1, 0.15) is 0 Å². The summed E-state index contributed by atoms with van der Waals surface area (Å²) in [4.78, 5) is 25.2. The first-order valence-corrected chi connectivity index (χ1v) is 14.7. The van der Waals surface area contributed by atoms with Crippen LogP contribution in [0.4, 0.5) is 21.9 Å². The highest BCUT2D eigenvalue weighted by atomic mass is 35.5. The van der Waals surface area contributed by atoms with Crippen molar-refractivity contribution < 1.29 is 4.79 Å². The Bertz CT molecular complexity index is 1610. The number of halogens is 1. The number of nitrogens with zero attached hydrogens (tertiary/aromatic N) is 4. The predicted octanol–water partition coefficient (Wildman–Crippen LogP) is 7.05. The summed E-state index contributed by atoms with van der Waals surface area (Å²) in [5.41, 5.74) is 8.21. The van der Waals surface area contributed by atoms with E-state index in [9.17, 15) is 4.79 Å². The number of aryl methyl sites for hydroxylation is 2. The number of rotatable bonds is 3. The fourth-order valence-electron chi connectivity index (χ4n) is 6.90. The van der Waals surface area contributed by atoms with Crippen molar-refractivity contribution in [3.63, 3.8) is 0 Å². The monoisotopic (exact) mass is 551 g/mol. The first kappa shape index (κ1) is 25.4. The van der Waals surface area contributed by atoms with Gasteiger partial charge in [-0.3, -0.25) is 14.8 Å². The molecular formula is C33H34ClN5O. The molecule has 1 aromatic heterocycles. The summed E-state index contributed by atoms with van der Waals surface area (Å²) in [6.07, 6.45) is 3.34. The number of pyridine rings is 1. The number of piperazine rings is 1. The topological polar surface area (TPSA) is 51.7 Å². The number of hydrogen-bond donors (Lipinski definition) is 1. The summed E-state index contributed by atoms with van der Waals surface area (Å²) in [5, 5.41) is 6.15. The number of carbonyl (C=O) groups excluding carboxylic acids is 1. The predicted molar refractivity (Wildman–Crippen MR) is 165 cm³/mol. The number of urea groups is 1. The third-order valence-electron chi connectivity index (χ3n) is 8.77. The summed E-state index contributed by atoms with van der Waals surface area (Å²) in [7, 11) is 0. The summed E-state index contributed by atoms with van der Waals surface area (Å²) in [6, 6.07) is 21.3. The van der Waals surface area contributed by atoms with Gasteiger partial charge in [-0.05, 0) is 92.1 Å². The Morgan fingerprint density at radius 3 is 2.58 bits per heavy atom. The fraction of sp³-hybridized carbons (Fsp3) is 0.333. The number of fused-ring (bicyclic) bond motifs is 3. The Morgan fingerprint density at radius 2 is 1.73 bits per heavy atom. The van der Waals surface area contributed by atoms with Crippen LogP contribution in [0.5, 0.6) is 0 Å². The normalized spacial score (nSPS) is 18.7. The second-order valence-corrected chi connectivity index (χ2v) is 11.8. The Hall–Kier alpha value is -3.61. The third kappa shape index (κ3) is 4.49. The standard InChI is InChI=1S/C33H34ClN5O/c1-21-16-24(17-22(2)35-21)26-7-3-9-28-27(26)8-4-10-30(28)36-33(40)39-13-11-23-18-29(34)32(19-31(23)39)38-15-14-37-12-5-6-25(37)20-38/h3-4,7-10,16-19,25H,5-6,11-15,20H2,1-2H3,(H,36,40)/t25-/m0/s1. The van der Waals surface area contributed by atoms with Crippen LogP contribution < -0.4 is 15.1 Å². The zero-order valence-electron chi connectivity index (χ0n) is 23.1. The van der Waals surface area contributed by atoms with Crippen LogP contribution in [0.25, 0.3) is 21.9 Å². The highest BCUT2D eigenvalue weighted by Gasteiger charge is 2.33. The van der Waals surface area contributed by atoms with E-state index in [1.807, 2.05) is 30.9 Å². The van der Waals surface area contributed by atoms with Crippen molar-refractivity contribution in [2.24, 2.45) is 0 Å². The number of nitrogens with one attached hydrogen (secondary N) is 1. The van der Waals surface area contributed by atoms with E-state index in [1.165, 1.54) is 19.4 Å². The molecule has 2 saturated heterocycles. The minimum absolute atomic E-state index is 0.110. The molecule has 0 radical (unpaired) electrons. The Balaban J connectivity index is 1.18. The molecule has 0 spiro atoms. The molecule has 0 unspecified atom stereocenters.